The molecule has 2 aromatic rings. The molecule has 3 heterocycles. The average Bonchev–Trinajstić information content (AvgIpc) is 2.91. The Morgan fingerprint density at radius 2 is 2.08 bits per heavy atom. The van der Waals surface area contributed by atoms with Crippen LogP contribution in [-0.2, 0) is 9.53 Å². The zero-order valence-corrected chi connectivity index (χ0v) is 22.6. The molecule has 2 aromatic carbocycles. The van der Waals surface area contributed by atoms with E-state index in [4.69, 9.17) is 9.73 Å². The second kappa shape index (κ2) is 11.0. The quantitative estimate of drug-likeness (QED) is 0.569. The van der Waals surface area contributed by atoms with E-state index in [-0.39, 0.29) is 23.9 Å². The van der Waals surface area contributed by atoms with Crippen molar-refractivity contribution in [3.8, 4) is 5.75 Å². The molecule has 0 radical (unpaired) electrons. The minimum Gasteiger partial charge on any atom is -0.508 e. The first-order valence-electron chi connectivity index (χ1n) is 13.3. The molecule has 202 valence electrons. The van der Waals surface area contributed by atoms with Crippen molar-refractivity contribution in [1.29, 1.82) is 0 Å². The fourth-order valence-electron chi connectivity index (χ4n) is 5.63. The van der Waals surface area contributed by atoms with Gasteiger partial charge in [0.25, 0.3) is 6.02 Å². The minimum atomic E-state index is -0.132. The molecule has 1 fully saturated rings. The van der Waals surface area contributed by atoms with E-state index in [1.807, 2.05) is 49.3 Å². The highest BCUT2D eigenvalue weighted by atomic mass is 16.5. The van der Waals surface area contributed by atoms with Gasteiger partial charge in [-0.1, -0.05) is 30.8 Å². The molecule has 1 amide bonds. The van der Waals surface area contributed by atoms with Crippen LogP contribution in [0.3, 0.4) is 0 Å². The van der Waals surface area contributed by atoms with Gasteiger partial charge in [-0.05, 0) is 50.5 Å². The summed E-state index contributed by atoms with van der Waals surface area (Å²) in [6, 6.07) is 12.4. The summed E-state index contributed by atoms with van der Waals surface area (Å²) in [7, 11) is 4.04. The van der Waals surface area contributed by atoms with Crippen LogP contribution in [0.1, 0.15) is 13.3 Å². The molecule has 1 saturated heterocycles. The summed E-state index contributed by atoms with van der Waals surface area (Å²) >= 11 is 0. The lowest BCUT2D eigenvalue weighted by Crippen LogP contribution is -2.58. The van der Waals surface area contributed by atoms with Gasteiger partial charge in [0.05, 0.1) is 6.54 Å². The van der Waals surface area contributed by atoms with Crippen LogP contribution in [0.4, 0.5) is 5.69 Å². The van der Waals surface area contributed by atoms with E-state index < -0.39 is 0 Å². The Bertz CT molecular complexity index is 1270. The summed E-state index contributed by atoms with van der Waals surface area (Å²) in [6.07, 6.45) is 2.10. The first-order valence-corrected chi connectivity index (χ1v) is 13.3. The van der Waals surface area contributed by atoms with E-state index >= 15 is 0 Å². The number of rotatable bonds is 6. The fraction of sp³-hybridized carbons (Fsp3) is 0.448. The molecule has 9 nitrogen and oxygen atoms in total. The third-order valence-corrected chi connectivity index (χ3v) is 7.60. The Kier molecular flexibility index (Phi) is 7.58. The monoisotopic (exact) mass is 518 g/mol. The number of nitrogens with zero attached hydrogens (tertiary/aromatic N) is 5. The first kappa shape index (κ1) is 26.1. The molecule has 9 heteroatoms. The maximum atomic E-state index is 12.3. The number of aromatic hydroxyl groups is 1. The van der Waals surface area contributed by atoms with Crippen LogP contribution in [0.5, 0.6) is 5.75 Å². The Hall–Kier alpha value is -3.56. The van der Waals surface area contributed by atoms with E-state index in [2.05, 4.69) is 39.6 Å². The van der Waals surface area contributed by atoms with Crippen LogP contribution in [0.25, 0.3) is 10.8 Å². The summed E-state index contributed by atoms with van der Waals surface area (Å²) < 4.78 is 6.10. The summed E-state index contributed by atoms with van der Waals surface area (Å²) in [4.78, 5) is 26.0. The number of phenolic OH excluding ortho intramolecular Hbond substituents is 1. The van der Waals surface area contributed by atoms with Crippen molar-refractivity contribution >= 4 is 28.4 Å². The van der Waals surface area contributed by atoms with Gasteiger partial charge < -0.3 is 29.9 Å². The number of hydrogen-bond donors (Lipinski definition) is 2. The molecule has 5 rings (SSSR count). The average molecular weight is 519 g/mol. The number of amides is 1. The van der Waals surface area contributed by atoms with Gasteiger partial charge in [-0.25, -0.2) is 4.99 Å². The van der Waals surface area contributed by atoms with Crippen LogP contribution < -0.4 is 10.2 Å². The highest BCUT2D eigenvalue weighted by Crippen LogP contribution is 2.36. The molecule has 0 saturated carbocycles. The van der Waals surface area contributed by atoms with Crippen LogP contribution in [0.15, 0.2) is 65.3 Å². The SMILES string of the molecule is C=CC(=O)N1CCN(C2N=C(OCCN(C)C)NC3=C2CCN(c2cc(O)cc4ccccc24)C3)C[C@H]1C. The number of carbonyl (C=O) groups is 1. The Labute approximate surface area is 224 Å². The van der Waals surface area contributed by atoms with Crippen LogP contribution >= 0.6 is 0 Å². The number of carbonyl (C=O) groups excluding carboxylic acids is 1. The maximum absolute atomic E-state index is 12.3. The van der Waals surface area contributed by atoms with Gasteiger partial charge in [0.15, 0.2) is 0 Å². The number of amidine groups is 1. The van der Waals surface area contributed by atoms with Gasteiger partial charge in [-0.15, -0.1) is 0 Å². The number of phenols is 1. The van der Waals surface area contributed by atoms with Crippen molar-refractivity contribution in [2.45, 2.75) is 25.6 Å². The van der Waals surface area contributed by atoms with E-state index in [1.54, 1.807) is 0 Å². The topological polar surface area (TPSA) is 83.9 Å². The van der Waals surface area contributed by atoms with E-state index in [9.17, 15) is 9.90 Å². The molecule has 0 aromatic heterocycles. The molecule has 3 aliphatic rings. The number of ether oxygens (including phenoxy) is 1. The summed E-state index contributed by atoms with van der Waals surface area (Å²) in [5, 5.41) is 16.1. The summed E-state index contributed by atoms with van der Waals surface area (Å²) in [6.45, 7) is 10.7. The Morgan fingerprint density at radius 1 is 1.26 bits per heavy atom. The molecular formula is C29H38N6O3. The third kappa shape index (κ3) is 5.35. The predicted molar refractivity (Wildman–Crippen MR) is 151 cm³/mol. The number of likely N-dealkylation sites (N-methyl/N-ethyl adjacent to an activating group) is 1. The molecule has 0 bridgehead atoms. The number of aliphatic imine (C=N–C) groups is 1. The predicted octanol–water partition coefficient (Wildman–Crippen LogP) is 2.59. The lowest BCUT2D eigenvalue weighted by Gasteiger charge is -2.45. The maximum Gasteiger partial charge on any atom is 0.290 e. The molecule has 0 aliphatic carbocycles. The normalized spacial score (nSPS) is 22.3. The van der Waals surface area contributed by atoms with Crippen molar-refractivity contribution in [2.24, 2.45) is 4.99 Å². The number of piperazine rings is 1. The minimum absolute atomic E-state index is 0.0229. The number of hydrogen-bond acceptors (Lipinski definition) is 8. The van der Waals surface area contributed by atoms with Gasteiger partial charge in [0.2, 0.25) is 5.91 Å². The highest BCUT2D eigenvalue weighted by Gasteiger charge is 2.37. The van der Waals surface area contributed by atoms with Crippen molar-refractivity contribution in [3.63, 3.8) is 0 Å². The number of anilines is 1. The van der Waals surface area contributed by atoms with Crippen molar-refractivity contribution < 1.29 is 14.6 Å². The second-order valence-corrected chi connectivity index (χ2v) is 10.5. The van der Waals surface area contributed by atoms with Crippen molar-refractivity contribution in [1.82, 2.24) is 20.0 Å². The third-order valence-electron chi connectivity index (χ3n) is 7.60. The zero-order chi connectivity index (χ0) is 26.8. The molecule has 2 N–H and O–H groups in total. The summed E-state index contributed by atoms with van der Waals surface area (Å²) in [5.41, 5.74) is 3.38. The molecule has 0 spiro atoms. The zero-order valence-electron chi connectivity index (χ0n) is 22.6. The molecule has 1 unspecified atom stereocenters. The molecule has 2 atom stereocenters. The van der Waals surface area contributed by atoms with E-state index in [1.165, 1.54) is 11.6 Å². The van der Waals surface area contributed by atoms with Crippen molar-refractivity contribution in [3.05, 3.63) is 60.3 Å². The fourth-order valence-corrected chi connectivity index (χ4v) is 5.63. The van der Waals surface area contributed by atoms with Crippen molar-refractivity contribution in [2.75, 3.05) is 64.9 Å². The second-order valence-electron chi connectivity index (χ2n) is 10.5. The van der Waals surface area contributed by atoms with Crippen LogP contribution in [-0.4, -0.2) is 104 Å². The van der Waals surface area contributed by atoms with Gasteiger partial charge in [0, 0.05) is 61.6 Å². The van der Waals surface area contributed by atoms with Gasteiger partial charge in [0.1, 0.15) is 18.5 Å². The molecule has 38 heavy (non-hydrogen) atoms. The highest BCUT2D eigenvalue weighted by molar-refractivity contribution is 5.96. The summed E-state index contributed by atoms with van der Waals surface area (Å²) in [5.74, 6) is 0.244. The van der Waals surface area contributed by atoms with Gasteiger partial charge in [-0.2, -0.15) is 0 Å². The standard InChI is InChI=1S/C29H38N6O3/c1-5-27(37)35-13-12-34(18-20(35)2)28-24-10-11-33(19-25(24)30-29(31-28)38-15-14-32(3)4)26-17-22(36)16-21-8-6-7-9-23(21)26/h5-9,16-17,20,28,36H,1,10-15,18-19H2,2-4H3,(H,30,31)/t20-,28?/m1/s1. The number of nitrogens with one attached hydrogen (secondary N) is 1. The largest absolute Gasteiger partial charge is 0.508 e. The number of fused-ring (bicyclic) bond motifs is 1. The first-order chi connectivity index (χ1) is 18.3. The smallest absolute Gasteiger partial charge is 0.290 e. The van der Waals surface area contributed by atoms with E-state index in [0.29, 0.717) is 25.7 Å². The lowest BCUT2D eigenvalue weighted by molar-refractivity contribution is -0.130. The molecular weight excluding hydrogens is 480 g/mol. The Morgan fingerprint density at radius 3 is 2.84 bits per heavy atom. The lowest BCUT2D eigenvalue weighted by atomic mass is 9.97. The van der Waals surface area contributed by atoms with Gasteiger partial charge >= 0.3 is 0 Å². The van der Waals surface area contributed by atoms with Crippen LogP contribution in [0, 0.1) is 0 Å². The van der Waals surface area contributed by atoms with Gasteiger partial charge in [-0.3, -0.25) is 9.69 Å². The Balaban J connectivity index is 1.42. The van der Waals surface area contributed by atoms with E-state index in [0.717, 1.165) is 54.8 Å². The van der Waals surface area contributed by atoms with Crippen LogP contribution in [0.2, 0.25) is 0 Å². The number of benzene rings is 2. The molecule has 3 aliphatic heterocycles.